The highest BCUT2D eigenvalue weighted by atomic mass is 32.1. The van der Waals surface area contributed by atoms with Gasteiger partial charge in [0.15, 0.2) is 10.8 Å². The van der Waals surface area contributed by atoms with E-state index in [4.69, 9.17) is 4.52 Å². The molecule has 0 N–H and O–H groups in total. The molecule has 2 heterocycles. The van der Waals surface area contributed by atoms with E-state index in [0.29, 0.717) is 29.2 Å². The zero-order chi connectivity index (χ0) is 14.0. The van der Waals surface area contributed by atoms with Crippen LogP contribution >= 0.6 is 11.3 Å². The number of hydrogen-bond donors (Lipinski definition) is 0. The minimum atomic E-state index is -0.126. The first-order valence-electron chi connectivity index (χ1n) is 5.97. The lowest BCUT2D eigenvalue weighted by molar-refractivity contribution is 0.0780. The molecule has 6 nitrogen and oxygen atoms in total. The number of amides is 1. The summed E-state index contributed by atoms with van der Waals surface area (Å²) in [4.78, 5) is 22.1. The molecule has 0 saturated heterocycles. The highest BCUT2D eigenvalue weighted by Gasteiger charge is 2.18. The number of rotatable bonds is 4. The summed E-state index contributed by atoms with van der Waals surface area (Å²) in [5.41, 5.74) is 0.942. The maximum atomic E-state index is 12.2. The molecule has 0 unspecified atom stereocenters. The number of aryl methyl sites for hydroxylation is 1. The minimum Gasteiger partial charge on any atom is -0.340 e. The predicted molar refractivity (Wildman–Crippen MR) is 71.0 cm³/mol. The van der Waals surface area contributed by atoms with E-state index in [0.717, 1.165) is 5.69 Å². The monoisotopic (exact) mass is 280 g/mol. The Hall–Kier alpha value is -1.76. The second-order valence-corrected chi connectivity index (χ2v) is 5.48. The standard InChI is InChI=1S/C12H16N4O2S/c1-7(2)9-6-19-11(14-9)12(17)16(4)5-10-13-8(3)18-15-10/h6-7H,5H2,1-4H3. The van der Waals surface area contributed by atoms with E-state index in [-0.39, 0.29) is 5.91 Å². The number of thiazole rings is 1. The van der Waals surface area contributed by atoms with Crippen LogP contribution in [0, 0.1) is 6.92 Å². The van der Waals surface area contributed by atoms with Crippen molar-refractivity contribution in [2.75, 3.05) is 7.05 Å². The smallest absolute Gasteiger partial charge is 0.282 e. The lowest BCUT2D eigenvalue weighted by Crippen LogP contribution is -2.26. The van der Waals surface area contributed by atoms with Gasteiger partial charge < -0.3 is 9.42 Å². The molecule has 0 bridgehead atoms. The second-order valence-electron chi connectivity index (χ2n) is 4.62. The molecule has 0 spiro atoms. The van der Waals surface area contributed by atoms with E-state index < -0.39 is 0 Å². The van der Waals surface area contributed by atoms with Crippen molar-refractivity contribution in [2.24, 2.45) is 0 Å². The summed E-state index contributed by atoms with van der Waals surface area (Å²) in [6, 6.07) is 0. The summed E-state index contributed by atoms with van der Waals surface area (Å²) >= 11 is 1.36. The molecule has 0 atom stereocenters. The fourth-order valence-corrected chi connectivity index (χ4v) is 2.47. The molecule has 1 amide bonds. The number of carbonyl (C=O) groups is 1. The van der Waals surface area contributed by atoms with E-state index in [1.807, 2.05) is 5.38 Å². The lowest BCUT2D eigenvalue weighted by atomic mass is 10.2. The third kappa shape index (κ3) is 3.17. The SMILES string of the molecule is Cc1nc(CN(C)C(=O)c2nc(C(C)C)cs2)no1. The molecule has 0 aliphatic rings. The average molecular weight is 280 g/mol. The quantitative estimate of drug-likeness (QED) is 0.858. The zero-order valence-corrected chi connectivity index (χ0v) is 12.2. The predicted octanol–water partition coefficient (Wildman–Crippen LogP) is 2.23. The molecule has 2 rings (SSSR count). The van der Waals surface area contributed by atoms with Crippen molar-refractivity contribution in [2.45, 2.75) is 33.2 Å². The summed E-state index contributed by atoms with van der Waals surface area (Å²) in [6.07, 6.45) is 0. The second kappa shape index (κ2) is 5.48. The maximum absolute atomic E-state index is 12.2. The van der Waals surface area contributed by atoms with Crippen molar-refractivity contribution >= 4 is 17.2 Å². The van der Waals surface area contributed by atoms with E-state index >= 15 is 0 Å². The molecule has 19 heavy (non-hydrogen) atoms. The van der Waals surface area contributed by atoms with Crippen molar-refractivity contribution in [1.82, 2.24) is 20.0 Å². The molecule has 0 aliphatic carbocycles. The Kier molecular flexibility index (Phi) is 3.94. The highest BCUT2D eigenvalue weighted by molar-refractivity contribution is 7.11. The van der Waals surface area contributed by atoms with Gasteiger partial charge in [0.1, 0.15) is 0 Å². The first-order chi connectivity index (χ1) is 8.97. The largest absolute Gasteiger partial charge is 0.340 e. The van der Waals surface area contributed by atoms with Gasteiger partial charge in [-0.3, -0.25) is 4.79 Å². The fraction of sp³-hybridized carbons (Fsp3) is 0.500. The molecule has 7 heteroatoms. The van der Waals surface area contributed by atoms with Crippen molar-refractivity contribution in [3.8, 4) is 0 Å². The van der Waals surface area contributed by atoms with Crippen molar-refractivity contribution in [1.29, 1.82) is 0 Å². The molecular formula is C12H16N4O2S. The van der Waals surface area contributed by atoms with Gasteiger partial charge in [0.25, 0.3) is 5.91 Å². The van der Waals surface area contributed by atoms with Crippen LogP contribution in [-0.4, -0.2) is 33.0 Å². The number of hydrogen-bond acceptors (Lipinski definition) is 6. The highest BCUT2D eigenvalue weighted by Crippen LogP contribution is 2.19. The number of aromatic nitrogens is 3. The lowest BCUT2D eigenvalue weighted by Gasteiger charge is -2.12. The molecule has 2 aromatic rings. The van der Waals surface area contributed by atoms with Gasteiger partial charge in [-0.05, 0) is 5.92 Å². The van der Waals surface area contributed by atoms with E-state index in [9.17, 15) is 4.79 Å². The normalized spacial score (nSPS) is 11.0. The minimum absolute atomic E-state index is 0.126. The van der Waals surface area contributed by atoms with Crippen molar-refractivity contribution in [3.63, 3.8) is 0 Å². The van der Waals surface area contributed by atoms with Crippen LogP contribution < -0.4 is 0 Å². The Morgan fingerprint density at radius 1 is 1.47 bits per heavy atom. The van der Waals surface area contributed by atoms with Gasteiger partial charge in [-0.1, -0.05) is 19.0 Å². The molecule has 0 aromatic carbocycles. The molecule has 2 aromatic heterocycles. The van der Waals surface area contributed by atoms with Crippen LogP contribution in [0.4, 0.5) is 0 Å². The first-order valence-corrected chi connectivity index (χ1v) is 6.85. The van der Waals surface area contributed by atoms with Crippen LogP contribution in [0.25, 0.3) is 0 Å². The van der Waals surface area contributed by atoms with Gasteiger partial charge in [-0.25, -0.2) is 4.98 Å². The van der Waals surface area contributed by atoms with Crippen LogP contribution in [0.1, 0.15) is 47.0 Å². The summed E-state index contributed by atoms with van der Waals surface area (Å²) in [5.74, 6) is 1.18. The molecule has 0 radical (unpaired) electrons. The van der Waals surface area contributed by atoms with Crippen molar-refractivity contribution in [3.05, 3.63) is 27.8 Å². The van der Waals surface area contributed by atoms with E-state index in [1.54, 1.807) is 14.0 Å². The van der Waals surface area contributed by atoms with Gasteiger partial charge >= 0.3 is 0 Å². The molecular weight excluding hydrogens is 264 g/mol. The molecule has 0 saturated carbocycles. The molecule has 0 fully saturated rings. The molecule has 102 valence electrons. The Labute approximate surface area is 115 Å². The summed E-state index contributed by atoms with van der Waals surface area (Å²) in [6.45, 7) is 6.13. The third-order valence-corrected chi connectivity index (χ3v) is 3.44. The first kappa shape index (κ1) is 13.7. The summed E-state index contributed by atoms with van der Waals surface area (Å²) in [7, 11) is 1.70. The average Bonchev–Trinajstić information content (AvgIpc) is 2.97. The van der Waals surface area contributed by atoms with Crippen LogP contribution in [0.3, 0.4) is 0 Å². The molecule has 0 aliphatic heterocycles. The van der Waals surface area contributed by atoms with Crippen LogP contribution in [0.5, 0.6) is 0 Å². The Bertz CT molecular complexity index is 576. The maximum Gasteiger partial charge on any atom is 0.282 e. The number of carbonyl (C=O) groups excluding carboxylic acids is 1. The van der Waals surface area contributed by atoms with Gasteiger partial charge in [0.05, 0.1) is 12.2 Å². The third-order valence-electron chi connectivity index (χ3n) is 2.59. The van der Waals surface area contributed by atoms with Crippen LogP contribution in [0.15, 0.2) is 9.90 Å². The van der Waals surface area contributed by atoms with Crippen LogP contribution in [-0.2, 0) is 6.54 Å². The van der Waals surface area contributed by atoms with E-state index in [1.165, 1.54) is 16.2 Å². The Morgan fingerprint density at radius 3 is 2.74 bits per heavy atom. The van der Waals surface area contributed by atoms with E-state index in [2.05, 4.69) is 29.0 Å². The fourth-order valence-electron chi connectivity index (χ4n) is 1.50. The summed E-state index contributed by atoms with van der Waals surface area (Å²) in [5, 5.41) is 6.18. The summed E-state index contributed by atoms with van der Waals surface area (Å²) < 4.78 is 4.87. The topological polar surface area (TPSA) is 72.1 Å². The van der Waals surface area contributed by atoms with Gasteiger partial charge in [0, 0.05) is 19.4 Å². The Balaban J connectivity index is 2.05. The van der Waals surface area contributed by atoms with Crippen molar-refractivity contribution < 1.29 is 9.32 Å². The van der Waals surface area contributed by atoms with Crippen LogP contribution in [0.2, 0.25) is 0 Å². The van der Waals surface area contributed by atoms with Gasteiger partial charge in [0.2, 0.25) is 5.89 Å². The van der Waals surface area contributed by atoms with Gasteiger partial charge in [-0.15, -0.1) is 11.3 Å². The number of nitrogens with zero attached hydrogens (tertiary/aromatic N) is 4. The van der Waals surface area contributed by atoms with Gasteiger partial charge in [-0.2, -0.15) is 4.98 Å². The Morgan fingerprint density at radius 2 is 2.21 bits per heavy atom. The zero-order valence-electron chi connectivity index (χ0n) is 11.4.